The fourth-order valence-corrected chi connectivity index (χ4v) is 3.16. The molecule has 1 aromatic heterocycles. The van der Waals surface area contributed by atoms with Gasteiger partial charge in [-0.1, -0.05) is 48.5 Å². The highest BCUT2D eigenvalue weighted by Crippen LogP contribution is 2.29. The van der Waals surface area contributed by atoms with Crippen LogP contribution in [0.2, 0.25) is 0 Å². The zero-order chi connectivity index (χ0) is 18.5. The SMILES string of the molecule is CCOC(=O)Cc1cn(C(C(=O)OC)c2ccccc2)c2ccccc12. The molecule has 0 spiro atoms. The monoisotopic (exact) mass is 351 g/mol. The number of nitrogens with zero attached hydrogens (tertiary/aromatic N) is 1. The van der Waals surface area contributed by atoms with E-state index in [2.05, 4.69) is 0 Å². The highest BCUT2D eigenvalue weighted by atomic mass is 16.5. The maximum atomic E-state index is 12.6. The minimum Gasteiger partial charge on any atom is -0.467 e. The molecule has 0 aliphatic heterocycles. The number of carbonyl (C=O) groups is 2. The van der Waals surface area contributed by atoms with Gasteiger partial charge in [0.25, 0.3) is 0 Å². The molecular formula is C21H21NO4. The standard InChI is InChI=1S/C21H21NO4/c1-3-26-19(23)13-16-14-22(18-12-8-7-11-17(16)18)20(21(24)25-2)15-9-5-4-6-10-15/h4-12,14,20H,3,13H2,1-2H3. The van der Waals surface area contributed by atoms with E-state index in [0.29, 0.717) is 6.61 Å². The Morgan fingerprint density at radius 1 is 1.04 bits per heavy atom. The first kappa shape index (κ1) is 17.7. The van der Waals surface area contributed by atoms with E-state index >= 15 is 0 Å². The number of aromatic nitrogens is 1. The van der Waals surface area contributed by atoms with E-state index in [-0.39, 0.29) is 18.4 Å². The van der Waals surface area contributed by atoms with Gasteiger partial charge in [-0.25, -0.2) is 4.79 Å². The molecule has 1 heterocycles. The van der Waals surface area contributed by atoms with Crippen LogP contribution in [0.25, 0.3) is 10.9 Å². The molecule has 0 radical (unpaired) electrons. The van der Waals surface area contributed by atoms with Gasteiger partial charge in [-0.2, -0.15) is 0 Å². The quantitative estimate of drug-likeness (QED) is 0.638. The summed E-state index contributed by atoms with van der Waals surface area (Å²) >= 11 is 0. The average molecular weight is 351 g/mol. The van der Waals surface area contributed by atoms with Crippen LogP contribution < -0.4 is 0 Å². The van der Waals surface area contributed by atoms with Crippen molar-refractivity contribution < 1.29 is 19.1 Å². The second-order valence-corrected chi connectivity index (χ2v) is 5.90. The van der Waals surface area contributed by atoms with Gasteiger partial charge in [-0.3, -0.25) is 4.79 Å². The van der Waals surface area contributed by atoms with Crippen molar-refractivity contribution in [1.82, 2.24) is 4.57 Å². The molecule has 0 bridgehead atoms. The lowest BCUT2D eigenvalue weighted by molar-refractivity contribution is -0.143. The molecule has 5 heteroatoms. The first-order valence-electron chi connectivity index (χ1n) is 8.52. The molecule has 0 saturated carbocycles. The smallest absolute Gasteiger partial charge is 0.333 e. The lowest BCUT2D eigenvalue weighted by Crippen LogP contribution is -2.21. The summed E-state index contributed by atoms with van der Waals surface area (Å²) in [5.41, 5.74) is 2.51. The van der Waals surface area contributed by atoms with Gasteiger partial charge >= 0.3 is 11.9 Å². The van der Waals surface area contributed by atoms with Crippen molar-refractivity contribution in [1.29, 1.82) is 0 Å². The zero-order valence-electron chi connectivity index (χ0n) is 14.8. The van der Waals surface area contributed by atoms with E-state index in [0.717, 1.165) is 22.0 Å². The van der Waals surface area contributed by atoms with Crippen molar-refractivity contribution in [2.45, 2.75) is 19.4 Å². The number of hydrogen-bond acceptors (Lipinski definition) is 4. The Balaban J connectivity index is 2.13. The number of para-hydroxylation sites is 1. The van der Waals surface area contributed by atoms with Crippen LogP contribution in [0.3, 0.4) is 0 Å². The third-order valence-corrected chi connectivity index (χ3v) is 4.28. The molecule has 1 unspecified atom stereocenters. The van der Waals surface area contributed by atoms with Crippen molar-refractivity contribution in [2.24, 2.45) is 0 Å². The van der Waals surface area contributed by atoms with E-state index in [9.17, 15) is 9.59 Å². The largest absolute Gasteiger partial charge is 0.467 e. The van der Waals surface area contributed by atoms with E-state index in [1.807, 2.05) is 65.4 Å². The number of hydrogen-bond donors (Lipinski definition) is 0. The van der Waals surface area contributed by atoms with Gasteiger partial charge in [0, 0.05) is 17.1 Å². The number of esters is 2. The van der Waals surface area contributed by atoms with E-state index in [1.54, 1.807) is 6.92 Å². The van der Waals surface area contributed by atoms with E-state index in [1.165, 1.54) is 7.11 Å². The Morgan fingerprint density at radius 3 is 2.42 bits per heavy atom. The highest BCUT2D eigenvalue weighted by molar-refractivity contribution is 5.90. The van der Waals surface area contributed by atoms with Gasteiger partial charge in [0.15, 0.2) is 6.04 Å². The number of benzene rings is 2. The van der Waals surface area contributed by atoms with Crippen LogP contribution in [-0.4, -0.2) is 30.2 Å². The summed E-state index contributed by atoms with van der Waals surface area (Å²) in [6, 6.07) is 16.5. The Hall–Kier alpha value is -3.08. The first-order chi connectivity index (χ1) is 12.7. The molecule has 3 rings (SSSR count). The molecule has 26 heavy (non-hydrogen) atoms. The van der Waals surface area contributed by atoms with Gasteiger partial charge in [-0.05, 0) is 24.1 Å². The molecule has 2 aromatic carbocycles. The zero-order valence-corrected chi connectivity index (χ0v) is 14.8. The molecule has 0 saturated heterocycles. The molecular weight excluding hydrogens is 330 g/mol. The summed E-state index contributed by atoms with van der Waals surface area (Å²) < 4.78 is 12.0. The summed E-state index contributed by atoms with van der Waals surface area (Å²) in [7, 11) is 1.38. The Labute approximate surface area is 152 Å². The summed E-state index contributed by atoms with van der Waals surface area (Å²) in [5.74, 6) is -0.649. The number of methoxy groups -OCH3 is 1. The van der Waals surface area contributed by atoms with Crippen molar-refractivity contribution in [2.75, 3.05) is 13.7 Å². The Bertz CT molecular complexity index is 914. The van der Waals surface area contributed by atoms with Crippen molar-refractivity contribution in [3.05, 3.63) is 71.9 Å². The Morgan fingerprint density at radius 2 is 1.73 bits per heavy atom. The van der Waals surface area contributed by atoms with Crippen LogP contribution in [-0.2, 0) is 25.5 Å². The fourth-order valence-electron chi connectivity index (χ4n) is 3.16. The Kier molecular flexibility index (Phi) is 5.37. The molecule has 1 atom stereocenters. The minimum absolute atomic E-state index is 0.157. The number of rotatable bonds is 6. The van der Waals surface area contributed by atoms with Crippen molar-refractivity contribution >= 4 is 22.8 Å². The van der Waals surface area contributed by atoms with Crippen LogP contribution in [0.15, 0.2) is 60.8 Å². The second-order valence-electron chi connectivity index (χ2n) is 5.90. The van der Waals surface area contributed by atoms with Crippen LogP contribution in [0, 0.1) is 0 Å². The topological polar surface area (TPSA) is 57.5 Å². The maximum Gasteiger partial charge on any atom is 0.333 e. The van der Waals surface area contributed by atoms with Crippen molar-refractivity contribution in [3.8, 4) is 0 Å². The van der Waals surface area contributed by atoms with Crippen LogP contribution in [0.4, 0.5) is 0 Å². The molecule has 134 valence electrons. The third-order valence-electron chi connectivity index (χ3n) is 4.28. The molecule has 0 N–H and O–H groups in total. The normalized spacial score (nSPS) is 11.9. The van der Waals surface area contributed by atoms with Crippen LogP contribution in [0.1, 0.15) is 24.1 Å². The predicted molar refractivity (Wildman–Crippen MR) is 98.9 cm³/mol. The number of fused-ring (bicyclic) bond motifs is 1. The van der Waals surface area contributed by atoms with Crippen LogP contribution in [0.5, 0.6) is 0 Å². The number of carbonyl (C=O) groups excluding carboxylic acids is 2. The summed E-state index contributed by atoms with van der Waals surface area (Å²) in [5, 5.41) is 0.922. The average Bonchev–Trinajstić information content (AvgIpc) is 3.01. The molecule has 5 nitrogen and oxygen atoms in total. The van der Waals surface area contributed by atoms with Crippen LogP contribution >= 0.6 is 0 Å². The fraction of sp³-hybridized carbons (Fsp3) is 0.238. The van der Waals surface area contributed by atoms with Crippen molar-refractivity contribution in [3.63, 3.8) is 0 Å². The summed E-state index contributed by atoms with van der Waals surface area (Å²) in [6.45, 7) is 2.12. The van der Waals surface area contributed by atoms with Gasteiger partial charge in [0.1, 0.15) is 0 Å². The molecule has 0 amide bonds. The van der Waals surface area contributed by atoms with Gasteiger partial charge in [-0.15, -0.1) is 0 Å². The van der Waals surface area contributed by atoms with E-state index in [4.69, 9.17) is 9.47 Å². The van der Waals surface area contributed by atoms with Gasteiger partial charge < -0.3 is 14.0 Å². The first-order valence-corrected chi connectivity index (χ1v) is 8.52. The highest BCUT2D eigenvalue weighted by Gasteiger charge is 2.26. The molecule has 0 aliphatic rings. The molecule has 3 aromatic rings. The lowest BCUT2D eigenvalue weighted by Gasteiger charge is -2.18. The number of ether oxygens (including phenoxy) is 2. The predicted octanol–water partition coefficient (Wildman–Crippen LogP) is 3.51. The maximum absolute atomic E-state index is 12.6. The molecule has 0 fully saturated rings. The van der Waals surface area contributed by atoms with E-state index < -0.39 is 6.04 Å². The minimum atomic E-state index is -0.623. The lowest BCUT2D eigenvalue weighted by atomic mass is 10.1. The molecule has 0 aliphatic carbocycles. The summed E-state index contributed by atoms with van der Waals surface area (Å²) in [4.78, 5) is 24.5. The van der Waals surface area contributed by atoms with Gasteiger partial charge in [0.2, 0.25) is 0 Å². The third kappa shape index (κ3) is 3.47. The van der Waals surface area contributed by atoms with Gasteiger partial charge in [0.05, 0.1) is 20.1 Å². The summed E-state index contributed by atoms with van der Waals surface area (Å²) in [6.07, 6.45) is 2.00. The second kappa shape index (κ2) is 7.87.